The lowest BCUT2D eigenvalue weighted by molar-refractivity contribution is -0.234. The summed E-state index contributed by atoms with van der Waals surface area (Å²) in [5.41, 5.74) is -0.379. The van der Waals surface area contributed by atoms with E-state index in [1.54, 1.807) is 38.2 Å². The Bertz CT molecular complexity index is 1590. The van der Waals surface area contributed by atoms with E-state index in [2.05, 4.69) is 27.7 Å². The number of ether oxygens (including phenoxy) is 6. The van der Waals surface area contributed by atoms with Crippen molar-refractivity contribution in [2.45, 2.75) is 172 Å². The summed E-state index contributed by atoms with van der Waals surface area (Å²) in [4.78, 5) is 72.8. The van der Waals surface area contributed by atoms with Crippen molar-refractivity contribution in [3.05, 3.63) is 47.6 Å². The number of aliphatic carboxylic acids is 1. The summed E-state index contributed by atoms with van der Waals surface area (Å²) >= 11 is 0. The first kappa shape index (κ1) is 52.8. The van der Waals surface area contributed by atoms with Gasteiger partial charge in [-0.25, -0.2) is 0 Å². The van der Waals surface area contributed by atoms with E-state index in [9.17, 15) is 33.9 Å². The third kappa shape index (κ3) is 17.5. The van der Waals surface area contributed by atoms with Gasteiger partial charge >= 0.3 is 35.8 Å². The molecule has 13 heteroatoms. The van der Waals surface area contributed by atoms with Crippen molar-refractivity contribution in [1.82, 2.24) is 0 Å². The van der Waals surface area contributed by atoms with Crippen LogP contribution in [0.2, 0.25) is 0 Å². The molecule has 0 aromatic heterocycles. The smallest absolute Gasteiger partial charge is 0.310 e. The average molecular weight is 833 g/mol. The molecule has 0 aliphatic carbocycles. The van der Waals surface area contributed by atoms with Crippen LogP contribution in [-0.4, -0.2) is 82.6 Å². The third-order valence-corrected chi connectivity index (χ3v) is 10.8. The maximum absolute atomic E-state index is 12.5. The Morgan fingerprint density at radius 1 is 0.678 bits per heavy atom. The topological polar surface area (TPSA) is 178 Å². The summed E-state index contributed by atoms with van der Waals surface area (Å²) in [5, 5.41) is 9.59. The minimum Gasteiger partial charge on any atom is -0.481 e. The van der Waals surface area contributed by atoms with Gasteiger partial charge in [-0.3, -0.25) is 28.8 Å². The summed E-state index contributed by atoms with van der Waals surface area (Å²) in [7, 11) is 0. The fraction of sp³-hybridized carbons (Fsp3) is 0.696. The highest BCUT2D eigenvalue weighted by Crippen LogP contribution is 2.45. The molecule has 1 rings (SSSR count). The van der Waals surface area contributed by atoms with Crippen LogP contribution < -0.4 is 0 Å². The summed E-state index contributed by atoms with van der Waals surface area (Å²) in [6, 6.07) is 0. The van der Waals surface area contributed by atoms with E-state index in [4.69, 9.17) is 28.4 Å². The van der Waals surface area contributed by atoms with Gasteiger partial charge in [0.05, 0.1) is 11.5 Å². The molecule has 1 aliphatic heterocycles. The lowest BCUT2D eigenvalue weighted by Crippen LogP contribution is -2.58. The predicted molar refractivity (Wildman–Crippen MR) is 224 cm³/mol. The van der Waals surface area contributed by atoms with Crippen molar-refractivity contribution in [2.75, 3.05) is 0 Å². The molecular formula is C46H72O13. The zero-order chi connectivity index (χ0) is 45.6. The molecule has 0 aromatic rings. The first-order valence-corrected chi connectivity index (χ1v) is 20.7. The van der Waals surface area contributed by atoms with E-state index < -0.39 is 101 Å². The van der Waals surface area contributed by atoms with E-state index in [1.807, 2.05) is 39.8 Å². The van der Waals surface area contributed by atoms with Crippen molar-refractivity contribution in [1.29, 1.82) is 0 Å². The number of rotatable bonds is 21. The highest BCUT2D eigenvalue weighted by atomic mass is 16.6. The molecule has 13 nitrogen and oxygen atoms in total. The molecule has 0 spiro atoms. The van der Waals surface area contributed by atoms with Crippen LogP contribution in [0.3, 0.4) is 0 Å². The van der Waals surface area contributed by atoms with Gasteiger partial charge in [0, 0.05) is 52.4 Å². The molecule has 9 unspecified atom stereocenters. The SMILES string of the molecule is CCC(C)C[C@]1(C)C[C@H](C)[C@@H](OC(C)=O)[C@](C)(/C=C(\C)C(OC(C)=O)C(C)/C=C/C(OC(C)=O)C(C)/C=C/C(OC(C)=O)C(C)/C=C(\C)C(OC(C)=O)C(C)C(=O)O)O1. The lowest BCUT2D eigenvalue weighted by atomic mass is 9.74. The van der Waals surface area contributed by atoms with Gasteiger partial charge in [0.2, 0.25) is 0 Å². The van der Waals surface area contributed by atoms with Crippen molar-refractivity contribution in [2.24, 2.45) is 35.5 Å². The number of carbonyl (C=O) groups is 6. The monoisotopic (exact) mass is 832 g/mol. The Labute approximate surface area is 352 Å². The van der Waals surface area contributed by atoms with Gasteiger partial charge in [0.1, 0.15) is 36.1 Å². The lowest BCUT2D eigenvalue weighted by Gasteiger charge is -2.51. The van der Waals surface area contributed by atoms with Crippen molar-refractivity contribution < 1.29 is 62.3 Å². The van der Waals surface area contributed by atoms with Crippen LogP contribution >= 0.6 is 0 Å². The maximum atomic E-state index is 12.5. The number of esters is 5. The van der Waals surface area contributed by atoms with Crippen molar-refractivity contribution in [3.63, 3.8) is 0 Å². The van der Waals surface area contributed by atoms with E-state index in [-0.39, 0.29) is 5.92 Å². The Hall–Kier alpha value is -4.26. The molecule has 0 bridgehead atoms. The first-order chi connectivity index (χ1) is 27.1. The Balaban J connectivity index is 3.59. The van der Waals surface area contributed by atoms with Crippen molar-refractivity contribution in [3.8, 4) is 0 Å². The normalized spacial score (nSPS) is 26.0. The van der Waals surface area contributed by atoms with Crippen LogP contribution in [0.4, 0.5) is 0 Å². The molecule has 0 radical (unpaired) electrons. The molecule has 1 aliphatic rings. The quantitative estimate of drug-likeness (QED) is 0.0664. The molecule has 1 fully saturated rings. The number of hydrogen-bond acceptors (Lipinski definition) is 12. The van der Waals surface area contributed by atoms with Gasteiger partial charge in [0.25, 0.3) is 0 Å². The molecule has 1 saturated heterocycles. The van der Waals surface area contributed by atoms with Crippen LogP contribution in [0.1, 0.15) is 130 Å². The Morgan fingerprint density at radius 2 is 1.15 bits per heavy atom. The summed E-state index contributed by atoms with van der Waals surface area (Å²) in [5.74, 6) is -5.74. The molecule has 13 atom stereocenters. The van der Waals surface area contributed by atoms with Gasteiger partial charge in [-0.05, 0) is 88.7 Å². The standard InChI is InChI=1S/C46H72O13/c1-17-26(2)23-45(15)24-32(8)43(58-38(14)51)46(16,59-45)25-31(7)41(56-36(12)49)28(4)19-21-39(54-34(10)47)27(3)18-20-40(55-35(11)48)29(5)22-30(6)42(57-37(13)50)33(9)44(52)53/h18-22,25-29,32-33,39-43H,17,23-24H2,1-16H3,(H,52,53)/b20-18+,21-19+,30-22+,31-25+/t26?,27?,28?,29?,32-,33?,39?,40?,41?,42?,43+,45+,46-/m0/s1. The highest BCUT2D eigenvalue weighted by molar-refractivity contribution is 5.73. The molecule has 0 aromatic carbocycles. The van der Waals surface area contributed by atoms with Gasteiger partial charge in [-0.1, -0.05) is 66.2 Å². The molecule has 1 heterocycles. The summed E-state index contributed by atoms with van der Waals surface area (Å²) in [6.45, 7) is 27.3. The second kappa shape index (κ2) is 23.5. The van der Waals surface area contributed by atoms with E-state index in [0.29, 0.717) is 23.5 Å². The number of carboxylic acids is 1. The number of hydrogen-bond donors (Lipinski definition) is 1. The zero-order valence-electron chi connectivity index (χ0n) is 38.3. The Morgan fingerprint density at radius 3 is 1.61 bits per heavy atom. The van der Waals surface area contributed by atoms with Crippen molar-refractivity contribution >= 4 is 35.8 Å². The second-order valence-corrected chi connectivity index (χ2v) is 17.1. The number of carbonyl (C=O) groups excluding carboxylic acids is 5. The minimum absolute atomic E-state index is 0.0268. The fourth-order valence-corrected chi connectivity index (χ4v) is 8.15. The largest absolute Gasteiger partial charge is 0.481 e. The summed E-state index contributed by atoms with van der Waals surface area (Å²) in [6.07, 6.45) is 9.11. The van der Waals surface area contributed by atoms with Gasteiger partial charge in [-0.2, -0.15) is 0 Å². The van der Waals surface area contributed by atoms with Crippen LogP contribution in [0.5, 0.6) is 0 Å². The van der Waals surface area contributed by atoms with Crippen LogP contribution in [0.15, 0.2) is 47.6 Å². The number of carboxylic acid groups (broad SMARTS) is 1. The fourth-order valence-electron chi connectivity index (χ4n) is 8.15. The average Bonchev–Trinajstić information content (AvgIpc) is 3.09. The first-order valence-electron chi connectivity index (χ1n) is 20.7. The molecule has 59 heavy (non-hydrogen) atoms. The van der Waals surface area contributed by atoms with Gasteiger partial charge in [0.15, 0.2) is 0 Å². The molecular weight excluding hydrogens is 760 g/mol. The second-order valence-electron chi connectivity index (χ2n) is 17.1. The van der Waals surface area contributed by atoms with Gasteiger partial charge in [-0.15, -0.1) is 0 Å². The highest BCUT2D eigenvalue weighted by Gasteiger charge is 2.51. The Kier molecular flexibility index (Phi) is 21.0. The molecule has 334 valence electrons. The minimum atomic E-state index is -1.14. The van der Waals surface area contributed by atoms with Gasteiger partial charge < -0.3 is 33.5 Å². The van der Waals surface area contributed by atoms with Crippen LogP contribution in [0, 0.1) is 35.5 Å². The maximum Gasteiger partial charge on any atom is 0.310 e. The van der Waals surface area contributed by atoms with Crippen LogP contribution in [-0.2, 0) is 57.2 Å². The molecule has 0 amide bonds. The summed E-state index contributed by atoms with van der Waals surface area (Å²) < 4.78 is 35.3. The van der Waals surface area contributed by atoms with E-state index in [1.165, 1.54) is 41.5 Å². The van der Waals surface area contributed by atoms with E-state index >= 15 is 0 Å². The third-order valence-electron chi connectivity index (χ3n) is 10.8. The molecule has 0 saturated carbocycles. The zero-order valence-corrected chi connectivity index (χ0v) is 38.3. The van der Waals surface area contributed by atoms with Crippen LogP contribution in [0.25, 0.3) is 0 Å². The predicted octanol–water partition coefficient (Wildman–Crippen LogP) is 8.29. The van der Waals surface area contributed by atoms with E-state index in [0.717, 1.165) is 12.8 Å². The molecule has 1 N–H and O–H groups in total.